The molecule has 0 amide bonds. The summed E-state index contributed by atoms with van der Waals surface area (Å²) in [6.45, 7) is 0. The fraction of sp³-hybridized carbons (Fsp3) is 0.0455. The van der Waals surface area contributed by atoms with Crippen molar-refractivity contribution >= 4 is 27.3 Å². The van der Waals surface area contributed by atoms with Gasteiger partial charge in [0, 0.05) is 16.3 Å². The van der Waals surface area contributed by atoms with Crippen LogP contribution in [0.3, 0.4) is 0 Å². The quantitative estimate of drug-likeness (QED) is 0.305. The summed E-state index contributed by atoms with van der Waals surface area (Å²) >= 11 is 0. The lowest BCUT2D eigenvalue weighted by Gasteiger charge is -2.13. The lowest BCUT2D eigenvalue weighted by Crippen LogP contribution is -2.14. The largest absolute Gasteiger partial charge is 0.450 e. The Morgan fingerprint density at radius 3 is 2.11 bits per heavy atom. The van der Waals surface area contributed by atoms with Gasteiger partial charge in [0.25, 0.3) is 0 Å². The number of rotatable bonds is 1. The van der Waals surface area contributed by atoms with E-state index in [9.17, 15) is 17.6 Å². The number of halogens is 4. The van der Waals surface area contributed by atoms with Gasteiger partial charge in [-0.25, -0.2) is 9.37 Å². The van der Waals surface area contributed by atoms with Gasteiger partial charge in [-0.2, -0.15) is 13.2 Å². The van der Waals surface area contributed by atoms with Crippen LogP contribution in [0.15, 0.2) is 72.8 Å². The fourth-order valence-electron chi connectivity index (χ4n) is 3.75. The van der Waals surface area contributed by atoms with Crippen LogP contribution in [0.5, 0.6) is 0 Å². The molecular formula is C22H12F4N2. The van der Waals surface area contributed by atoms with E-state index in [4.69, 9.17) is 0 Å². The van der Waals surface area contributed by atoms with Crippen molar-refractivity contribution in [1.29, 1.82) is 0 Å². The van der Waals surface area contributed by atoms with Crippen molar-refractivity contribution < 1.29 is 17.6 Å². The first-order chi connectivity index (χ1) is 13.4. The lowest BCUT2D eigenvalue weighted by atomic mass is 10.0. The molecule has 0 unspecified atom stereocenters. The summed E-state index contributed by atoms with van der Waals surface area (Å²) in [5.41, 5.74) is 2.34. The van der Waals surface area contributed by atoms with E-state index in [1.165, 1.54) is 12.1 Å². The van der Waals surface area contributed by atoms with E-state index in [1.807, 2.05) is 0 Å². The highest BCUT2D eigenvalue weighted by Crippen LogP contribution is 2.41. The minimum atomic E-state index is -4.63. The summed E-state index contributed by atoms with van der Waals surface area (Å²) in [4.78, 5) is 3.92. The predicted octanol–water partition coefficient (Wildman–Crippen LogP) is 6.47. The average Bonchev–Trinajstić information content (AvgIpc) is 3.03. The standard InChI is InChI=1S/C22H12F4N2/c23-14-11-9-13(10-12-14)19-16-6-2-4-8-18(16)28-20(19)15-5-1-3-7-17(15)27-21(28)22(24,25)26/h1-12H. The molecular weight excluding hydrogens is 368 g/mol. The van der Waals surface area contributed by atoms with E-state index in [0.717, 1.165) is 4.40 Å². The highest BCUT2D eigenvalue weighted by atomic mass is 19.4. The normalized spacial score (nSPS) is 12.3. The van der Waals surface area contributed by atoms with Crippen LogP contribution < -0.4 is 0 Å². The molecule has 6 heteroatoms. The van der Waals surface area contributed by atoms with Crippen LogP contribution >= 0.6 is 0 Å². The Bertz CT molecular complexity index is 1350. The smallest absolute Gasteiger partial charge is 0.289 e. The summed E-state index contributed by atoms with van der Waals surface area (Å²) in [5.74, 6) is -1.38. The Balaban J connectivity index is 2.10. The van der Waals surface area contributed by atoms with Gasteiger partial charge in [-0.05, 0) is 29.8 Å². The molecule has 0 saturated carbocycles. The maximum absolute atomic E-state index is 13.9. The molecule has 0 spiro atoms. The molecule has 0 bridgehead atoms. The SMILES string of the molecule is Fc1ccc(-c2c3ccccc3n3c(C(F)(F)F)nc4ccccc4c23)cc1. The highest BCUT2D eigenvalue weighted by Gasteiger charge is 2.37. The second-order valence-corrected chi connectivity index (χ2v) is 6.53. The van der Waals surface area contributed by atoms with Crippen molar-refractivity contribution in [2.24, 2.45) is 0 Å². The maximum atomic E-state index is 13.9. The van der Waals surface area contributed by atoms with Gasteiger partial charge in [0.2, 0.25) is 5.82 Å². The third-order valence-corrected chi connectivity index (χ3v) is 4.86. The van der Waals surface area contributed by atoms with Crippen LogP contribution in [0.25, 0.3) is 38.4 Å². The number of aromatic nitrogens is 2. The van der Waals surface area contributed by atoms with Gasteiger partial charge in [0.05, 0.1) is 16.6 Å². The van der Waals surface area contributed by atoms with Crippen molar-refractivity contribution in [3.8, 4) is 11.1 Å². The Kier molecular flexibility index (Phi) is 3.46. The number of alkyl halides is 3. The third kappa shape index (κ3) is 2.37. The number of nitrogens with zero attached hydrogens (tertiary/aromatic N) is 2. The Morgan fingerprint density at radius 1 is 0.750 bits per heavy atom. The summed E-state index contributed by atoms with van der Waals surface area (Å²) in [5, 5.41) is 1.25. The van der Waals surface area contributed by atoms with Crippen LogP contribution in [0.4, 0.5) is 17.6 Å². The molecule has 5 aromatic rings. The topological polar surface area (TPSA) is 17.3 Å². The fourth-order valence-corrected chi connectivity index (χ4v) is 3.75. The molecule has 0 radical (unpaired) electrons. The second-order valence-electron chi connectivity index (χ2n) is 6.53. The van der Waals surface area contributed by atoms with Crippen molar-refractivity contribution in [2.45, 2.75) is 6.18 Å². The monoisotopic (exact) mass is 380 g/mol. The number of hydrogen-bond donors (Lipinski definition) is 0. The van der Waals surface area contributed by atoms with Crippen LogP contribution in [0, 0.1) is 5.82 Å². The van der Waals surface area contributed by atoms with Crippen molar-refractivity contribution in [1.82, 2.24) is 9.38 Å². The molecule has 0 atom stereocenters. The Hall–Kier alpha value is -3.41. The molecule has 138 valence electrons. The number of para-hydroxylation sites is 2. The lowest BCUT2D eigenvalue weighted by molar-refractivity contribution is -0.145. The molecule has 2 heterocycles. The van der Waals surface area contributed by atoms with Gasteiger partial charge in [-0.15, -0.1) is 0 Å². The summed E-state index contributed by atoms with van der Waals surface area (Å²) in [6, 6.07) is 19.4. The van der Waals surface area contributed by atoms with Crippen molar-refractivity contribution in [2.75, 3.05) is 0 Å². The zero-order chi connectivity index (χ0) is 19.5. The zero-order valence-electron chi connectivity index (χ0n) is 14.3. The summed E-state index contributed by atoms with van der Waals surface area (Å²) in [7, 11) is 0. The predicted molar refractivity (Wildman–Crippen MR) is 101 cm³/mol. The van der Waals surface area contributed by atoms with E-state index < -0.39 is 17.8 Å². The average molecular weight is 380 g/mol. The van der Waals surface area contributed by atoms with E-state index in [0.29, 0.717) is 32.9 Å². The minimum absolute atomic E-state index is 0.258. The summed E-state index contributed by atoms with van der Waals surface area (Å²) in [6.07, 6.45) is -4.63. The molecule has 0 fully saturated rings. The first kappa shape index (κ1) is 16.7. The molecule has 0 N–H and O–H groups in total. The molecule has 0 aliphatic carbocycles. The van der Waals surface area contributed by atoms with E-state index in [2.05, 4.69) is 4.98 Å². The van der Waals surface area contributed by atoms with Gasteiger partial charge >= 0.3 is 6.18 Å². The third-order valence-electron chi connectivity index (χ3n) is 4.86. The van der Waals surface area contributed by atoms with E-state index in [1.54, 1.807) is 60.7 Å². The molecule has 0 saturated heterocycles. The number of hydrogen-bond acceptors (Lipinski definition) is 1. The van der Waals surface area contributed by atoms with Crippen molar-refractivity contribution in [3.63, 3.8) is 0 Å². The molecule has 5 rings (SSSR count). The van der Waals surface area contributed by atoms with Gasteiger partial charge < -0.3 is 0 Å². The van der Waals surface area contributed by atoms with Gasteiger partial charge in [0.15, 0.2) is 0 Å². The van der Waals surface area contributed by atoms with Crippen LogP contribution in [-0.4, -0.2) is 9.38 Å². The van der Waals surface area contributed by atoms with E-state index >= 15 is 0 Å². The number of benzene rings is 3. The zero-order valence-corrected chi connectivity index (χ0v) is 14.3. The first-order valence-electron chi connectivity index (χ1n) is 8.60. The second kappa shape index (κ2) is 5.79. The Morgan fingerprint density at radius 2 is 1.39 bits per heavy atom. The number of fused-ring (bicyclic) bond motifs is 5. The van der Waals surface area contributed by atoms with Gasteiger partial charge in [-0.1, -0.05) is 48.5 Å². The van der Waals surface area contributed by atoms with Crippen molar-refractivity contribution in [3.05, 3.63) is 84.4 Å². The van der Waals surface area contributed by atoms with Gasteiger partial charge in [-0.3, -0.25) is 4.40 Å². The van der Waals surface area contributed by atoms with Crippen LogP contribution in [0.1, 0.15) is 5.82 Å². The highest BCUT2D eigenvalue weighted by molar-refractivity contribution is 6.13. The molecule has 2 nitrogen and oxygen atoms in total. The summed E-state index contributed by atoms with van der Waals surface area (Å²) < 4.78 is 56.3. The van der Waals surface area contributed by atoms with Crippen LogP contribution in [0.2, 0.25) is 0 Å². The van der Waals surface area contributed by atoms with Gasteiger partial charge in [0.1, 0.15) is 5.82 Å². The molecule has 3 aromatic carbocycles. The first-order valence-corrected chi connectivity index (χ1v) is 8.60. The van der Waals surface area contributed by atoms with Crippen LogP contribution in [-0.2, 0) is 6.18 Å². The molecule has 28 heavy (non-hydrogen) atoms. The molecule has 0 aliphatic heterocycles. The minimum Gasteiger partial charge on any atom is -0.289 e. The van der Waals surface area contributed by atoms with E-state index in [-0.39, 0.29) is 5.52 Å². The molecule has 2 aromatic heterocycles. The molecule has 0 aliphatic rings. The Labute approximate surface area is 156 Å². The maximum Gasteiger partial charge on any atom is 0.450 e.